The van der Waals surface area contributed by atoms with Crippen LogP contribution in [0.15, 0.2) is 17.5 Å². The van der Waals surface area contributed by atoms with Gasteiger partial charge in [-0.05, 0) is 57.8 Å². The highest BCUT2D eigenvalue weighted by molar-refractivity contribution is 7.09. The Morgan fingerprint density at radius 2 is 1.71 bits per heavy atom. The minimum atomic E-state index is 1.02. The molecule has 21 heavy (non-hydrogen) atoms. The van der Waals surface area contributed by atoms with Crippen molar-refractivity contribution in [2.45, 2.75) is 46.6 Å². The maximum Gasteiger partial charge on any atom is 0.107 e. The Kier molecular flexibility index (Phi) is 4.41. The Balaban J connectivity index is 1.81. The van der Waals surface area contributed by atoms with E-state index >= 15 is 0 Å². The van der Waals surface area contributed by atoms with E-state index in [2.05, 4.69) is 43.2 Å². The Labute approximate surface area is 131 Å². The predicted molar refractivity (Wildman–Crippen MR) is 90.9 cm³/mol. The van der Waals surface area contributed by atoms with Gasteiger partial charge in [0.1, 0.15) is 5.01 Å². The summed E-state index contributed by atoms with van der Waals surface area (Å²) in [5.74, 6) is 0. The van der Waals surface area contributed by atoms with Gasteiger partial charge in [-0.15, -0.1) is 11.3 Å². The molecule has 1 aromatic heterocycles. The number of hydrogen-bond acceptors (Lipinski definition) is 3. The maximum absolute atomic E-state index is 4.90. The quantitative estimate of drug-likeness (QED) is 0.815. The Hall–Kier alpha value is -1.19. The largest absolute Gasteiger partial charge is 0.297 e. The van der Waals surface area contributed by atoms with E-state index in [0.717, 1.165) is 12.2 Å². The van der Waals surface area contributed by atoms with E-state index in [-0.39, 0.29) is 0 Å². The number of nitrogens with zero attached hydrogens (tertiary/aromatic N) is 2. The van der Waals surface area contributed by atoms with Crippen LogP contribution in [0, 0.1) is 20.8 Å². The number of hydrogen-bond donors (Lipinski definition) is 0. The van der Waals surface area contributed by atoms with Gasteiger partial charge in [0.15, 0.2) is 0 Å². The van der Waals surface area contributed by atoms with E-state index in [4.69, 9.17) is 4.98 Å². The number of thiazole rings is 1. The van der Waals surface area contributed by atoms with Crippen LogP contribution in [-0.4, -0.2) is 23.0 Å². The molecule has 1 aliphatic heterocycles. The Morgan fingerprint density at radius 1 is 1.05 bits per heavy atom. The molecule has 0 atom stereocenters. The fourth-order valence-corrected chi connectivity index (χ4v) is 4.22. The molecule has 0 radical (unpaired) electrons. The molecule has 0 amide bonds. The molecule has 3 rings (SSSR count). The van der Waals surface area contributed by atoms with Crippen molar-refractivity contribution in [1.82, 2.24) is 9.88 Å². The minimum absolute atomic E-state index is 1.02. The molecular weight excluding hydrogens is 276 g/mol. The zero-order valence-corrected chi connectivity index (χ0v) is 14.1. The molecule has 0 unspecified atom stereocenters. The highest BCUT2D eigenvalue weighted by Crippen LogP contribution is 2.30. The predicted octanol–water partition coefficient (Wildman–Crippen LogP) is 4.72. The first-order chi connectivity index (χ1) is 10.1. The molecule has 0 saturated carbocycles. The van der Waals surface area contributed by atoms with E-state index in [1.54, 1.807) is 11.3 Å². The van der Waals surface area contributed by atoms with Crippen LogP contribution in [0.25, 0.3) is 11.3 Å². The van der Waals surface area contributed by atoms with Crippen LogP contribution in [0.3, 0.4) is 0 Å². The first-order valence-electron chi connectivity index (χ1n) is 7.88. The summed E-state index contributed by atoms with van der Waals surface area (Å²) in [6.07, 6.45) is 4.07. The SMILES string of the molecule is Cc1cc(C)c(-c2csc(CN3CCCCC3)n2)c(C)c1. The number of aromatic nitrogens is 1. The fourth-order valence-electron chi connectivity index (χ4n) is 3.39. The summed E-state index contributed by atoms with van der Waals surface area (Å²) in [6, 6.07) is 4.51. The third-order valence-corrected chi connectivity index (χ3v) is 5.13. The molecule has 0 aliphatic carbocycles. The van der Waals surface area contributed by atoms with Gasteiger partial charge in [-0.1, -0.05) is 24.1 Å². The van der Waals surface area contributed by atoms with Crippen LogP contribution in [0.4, 0.5) is 0 Å². The summed E-state index contributed by atoms with van der Waals surface area (Å²) < 4.78 is 0. The topological polar surface area (TPSA) is 16.1 Å². The van der Waals surface area contributed by atoms with Crippen molar-refractivity contribution in [2.75, 3.05) is 13.1 Å². The summed E-state index contributed by atoms with van der Waals surface area (Å²) in [6.45, 7) is 10.0. The van der Waals surface area contributed by atoms with Crippen LogP contribution in [0.5, 0.6) is 0 Å². The van der Waals surface area contributed by atoms with Gasteiger partial charge in [0.2, 0.25) is 0 Å². The number of aryl methyl sites for hydroxylation is 3. The van der Waals surface area contributed by atoms with E-state index in [9.17, 15) is 0 Å². The number of likely N-dealkylation sites (tertiary alicyclic amines) is 1. The van der Waals surface area contributed by atoms with Gasteiger partial charge in [0.05, 0.1) is 12.2 Å². The van der Waals surface area contributed by atoms with Crippen LogP contribution in [-0.2, 0) is 6.54 Å². The molecule has 1 saturated heterocycles. The average Bonchev–Trinajstić information content (AvgIpc) is 2.87. The van der Waals surface area contributed by atoms with Gasteiger partial charge in [-0.25, -0.2) is 4.98 Å². The van der Waals surface area contributed by atoms with Crippen molar-refractivity contribution in [2.24, 2.45) is 0 Å². The molecule has 0 spiro atoms. The van der Waals surface area contributed by atoms with E-state index in [1.807, 2.05) is 0 Å². The lowest BCUT2D eigenvalue weighted by molar-refractivity contribution is 0.220. The van der Waals surface area contributed by atoms with Crippen LogP contribution < -0.4 is 0 Å². The first kappa shape index (κ1) is 14.7. The van der Waals surface area contributed by atoms with Gasteiger partial charge >= 0.3 is 0 Å². The highest BCUT2D eigenvalue weighted by atomic mass is 32.1. The lowest BCUT2D eigenvalue weighted by atomic mass is 9.98. The van der Waals surface area contributed by atoms with Crippen LogP contribution in [0.1, 0.15) is 41.0 Å². The molecule has 3 heteroatoms. The zero-order chi connectivity index (χ0) is 14.8. The maximum atomic E-state index is 4.90. The number of piperidine rings is 1. The van der Waals surface area contributed by atoms with Gasteiger partial charge in [0.25, 0.3) is 0 Å². The summed E-state index contributed by atoms with van der Waals surface area (Å²) in [7, 11) is 0. The summed E-state index contributed by atoms with van der Waals surface area (Å²) in [5, 5.41) is 3.48. The standard InChI is InChI=1S/C18H24N2S/c1-13-9-14(2)18(15(3)10-13)16-12-21-17(19-16)11-20-7-5-4-6-8-20/h9-10,12H,4-8,11H2,1-3H3. The average molecular weight is 300 g/mol. The third-order valence-electron chi connectivity index (χ3n) is 4.29. The second-order valence-electron chi connectivity index (χ2n) is 6.24. The van der Waals surface area contributed by atoms with Gasteiger partial charge in [0, 0.05) is 10.9 Å². The monoisotopic (exact) mass is 300 g/mol. The molecule has 2 aromatic rings. The third kappa shape index (κ3) is 3.35. The molecule has 1 aliphatic rings. The summed E-state index contributed by atoms with van der Waals surface area (Å²) >= 11 is 1.81. The smallest absolute Gasteiger partial charge is 0.107 e. The molecular formula is C18H24N2S. The van der Waals surface area contributed by atoms with Crippen LogP contribution in [0.2, 0.25) is 0 Å². The van der Waals surface area contributed by atoms with E-state index in [0.29, 0.717) is 0 Å². The second-order valence-corrected chi connectivity index (χ2v) is 7.18. The highest BCUT2D eigenvalue weighted by Gasteiger charge is 2.14. The Bertz CT molecular complexity index is 601. The molecule has 1 fully saturated rings. The first-order valence-corrected chi connectivity index (χ1v) is 8.76. The van der Waals surface area contributed by atoms with E-state index in [1.165, 1.54) is 59.6 Å². The van der Waals surface area contributed by atoms with Gasteiger partial charge in [-0.2, -0.15) is 0 Å². The molecule has 0 bridgehead atoms. The lowest BCUT2D eigenvalue weighted by Gasteiger charge is -2.25. The number of rotatable bonds is 3. The van der Waals surface area contributed by atoms with Gasteiger partial charge < -0.3 is 0 Å². The van der Waals surface area contributed by atoms with Crippen molar-refractivity contribution < 1.29 is 0 Å². The lowest BCUT2D eigenvalue weighted by Crippen LogP contribution is -2.28. The molecule has 112 valence electrons. The summed E-state index contributed by atoms with van der Waals surface area (Å²) in [5.41, 5.74) is 6.48. The zero-order valence-electron chi connectivity index (χ0n) is 13.3. The molecule has 2 nitrogen and oxygen atoms in total. The molecule has 1 aromatic carbocycles. The van der Waals surface area contributed by atoms with Crippen molar-refractivity contribution in [3.63, 3.8) is 0 Å². The van der Waals surface area contributed by atoms with Crippen molar-refractivity contribution in [1.29, 1.82) is 0 Å². The van der Waals surface area contributed by atoms with Gasteiger partial charge in [-0.3, -0.25) is 4.90 Å². The van der Waals surface area contributed by atoms with Crippen molar-refractivity contribution >= 4 is 11.3 Å². The minimum Gasteiger partial charge on any atom is -0.297 e. The second kappa shape index (κ2) is 6.29. The van der Waals surface area contributed by atoms with E-state index < -0.39 is 0 Å². The fraction of sp³-hybridized carbons (Fsp3) is 0.500. The molecule has 0 N–H and O–H groups in total. The number of benzene rings is 1. The Morgan fingerprint density at radius 3 is 2.38 bits per heavy atom. The van der Waals surface area contributed by atoms with Crippen LogP contribution >= 0.6 is 11.3 Å². The van der Waals surface area contributed by atoms with Crippen molar-refractivity contribution in [3.8, 4) is 11.3 Å². The normalized spacial score (nSPS) is 16.3. The molecule has 2 heterocycles. The summed E-state index contributed by atoms with van der Waals surface area (Å²) in [4.78, 5) is 7.45. The van der Waals surface area contributed by atoms with Crippen molar-refractivity contribution in [3.05, 3.63) is 39.2 Å².